The van der Waals surface area contributed by atoms with Crippen LogP contribution in [0.15, 0.2) is 30.5 Å². The molecule has 2 aromatic heterocycles. The predicted molar refractivity (Wildman–Crippen MR) is 63.6 cm³/mol. The molecule has 1 aromatic carbocycles. The van der Waals surface area contributed by atoms with Gasteiger partial charge in [0.1, 0.15) is 11.3 Å². The monoisotopic (exact) mass is 213 g/mol. The van der Waals surface area contributed by atoms with E-state index in [2.05, 4.69) is 29.0 Å². The van der Waals surface area contributed by atoms with Crippen LogP contribution in [0.5, 0.6) is 5.75 Å². The zero-order valence-corrected chi connectivity index (χ0v) is 9.29. The third-order valence-corrected chi connectivity index (χ3v) is 2.97. The average molecular weight is 213 g/mol. The van der Waals surface area contributed by atoms with Gasteiger partial charge in [-0.25, -0.2) is 4.98 Å². The van der Waals surface area contributed by atoms with Gasteiger partial charge in [-0.05, 0) is 12.1 Å². The highest BCUT2D eigenvalue weighted by molar-refractivity contribution is 6.07. The first-order valence-electron chi connectivity index (χ1n) is 5.26. The van der Waals surface area contributed by atoms with Crippen molar-refractivity contribution in [2.24, 2.45) is 0 Å². The van der Waals surface area contributed by atoms with Gasteiger partial charge < -0.3 is 9.72 Å². The third-order valence-electron chi connectivity index (χ3n) is 2.97. The molecule has 0 radical (unpaired) electrons. The van der Waals surface area contributed by atoms with Gasteiger partial charge in [0, 0.05) is 29.8 Å². The minimum atomic E-state index is 0.876. The van der Waals surface area contributed by atoms with E-state index in [-0.39, 0.29) is 0 Å². The molecule has 2 N–H and O–H groups in total. The Labute approximate surface area is 93.1 Å². The summed E-state index contributed by atoms with van der Waals surface area (Å²) in [6.45, 7) is 2.06. The van der Waals surface area contributed by atoms with Crippen LogP contribution in [0.2, 0.25) is 0 Å². The molecule has 0 bridgehead atoms. The van der Waals surface area contributed by atoms with Crippen molar-refractivity contribution in [3.05, 3.63) is 36.2 Å². The fourth-order valence-corrected chi connectivity index (χ4v) is 2.12. The van der Waals surface area contributed by atoms with Crippen molar-refractivity contribution in [1.82, 2.24) is 4.98 Å². The number of aryl methyl sites for hydroxylation is 1. The molecule has 0 saturated heterocycles. The number of hydrogen-bond acceptors (Lipinski definition) is 1. The van der Waals surface area contributed by atoms with E-state index in [1.165, 1.54) is 10.8 Å². The Bertz CT molecular complexity index is 670. The molecule has 0 spiro atoms. The fraction of sp³-hybridized carbons (Fsp3) is 0.154. The number of ether oxygens (including phenoxy) is 1. The fourth-order valence-electron chi connectivity index (χ4n) is 2.12. The highest BCUT2D eigenvalue weighted by Gasteiger charge is 2.09. The van der Waals surface area contributed by atoms with Crippen LogP contribution in [0.25, 0.3) is 21.8 Å². The van der Waals surface area contributed by atoms with Crippen molar-refractivity contribution in [3.8, 4) is 5.75 Å². The molecule has 80 valence electrons. The Morgan fingerprint density at radius 1 is 1.19 bits per heavy atom. The molecule has 3 nitrogen and oxygen atoms in total. The first-order chi connectivity index (χ1) is 7.79. The summed E-state index contributed by atoms with van der Waals surface area (Å²) in [6, 6.07) is 8.19. The number of aromatic nitrogens is 2. The molecule has 0 saturated carbocycles. The van der Waals surface area contributed by atoms with Gasteiger partial charge in [0.15, 0.2) is 6.20 Å². The van der Waals surface area contributed by atoms with Gasteiger partial charge in [0.25, 0.3) is 0 Å². The quantitative estimate of drug-likeness (QED) is 0.662. The molecule has 0 aliphatic rings. The summed E-state index contributed by atoms with van der Waals surface area (Å²) >= 11 is 0. The Morgan fingerprint density at radius 3 is 2.88 bits per heavy atom. The second-order valence-corrected chi connectivity index (χ2v) is 3.93. The number of methoxy groups -OCH3 is 1. The van der Waals surface area contributed by atoms with E-state index in [1.54, 1.807) is 7.11 Å². The van der Waals surface area contributed by atoms with Crippen LogP contribution in [0.3, 0.4) is 0 Å². The van der Waals surface area contributed by atoms with Crippen molar-refractivity contribution < 1.29 is 9.72 Å². The molecule has 0 fully saturated rings. The number of hydrogen-bond donors (Lipinski definition) is 1. The normalized spacial score (nSPS) is 11.1. The van der Waals surface area contributed by atoms with Crippen LogP contribution in [0, 0.1) is 6.92 Å². The van der Waals surface area contributed by atoms with E-state index < -0.39 is 0 Å². The van der Waals surface area contributed by atoms with Gasteiger partial charge in [0.05, 0.1) is 12.6 Å². The van der Waals surface area contributed by atoms with Crippen molar-refractivity contribution in [1.29, 1.82) is 0 Å². The van der Waals surface area contributed by atoms with Gasteiger partial charge in [0.2, 0.25) is 5.69 Å². The van der Waals surface area contributed by atoms with E-state index in [4.69, 9.17) is 4.74 Å². The van der Waals surface area contributed by atoms with E-state index in [0.29, 0.717) is 0 Å². The van der Waals surface area contributed by atoms with Crippen molar-refractivity contribution in [2.45, 2.75) is 6.92 Å². The molecule has 0 aliphatic carbocycles. The molecule has 16 heavy (non-hydrogen) atoms. The molecule has 3 aromatic rings. The van der Waals surface area contributed by atoms with Crippen LogP contribution in [-0.2, 0) is 0 Å². The number of rotatable bonds is 1. The topological polar surface area (TPSA) is 39.2 Å². The Morgan fingerprint density at radius 2 is 2.06 bits per heavy atom. The summed E-state index contributed by atoms with van der Waals surface area (Å²) in [7, 11) is 1.68. The van der Waals surface area contributed by atoms with Gasteiger partial charge in [-0.3, -0.25) is 0 Å². The van der Waals surface area contributed by atoms with Crippen molar-refractivity contribution in [2.75, 3.05) is 7.11 Å². The van der Waals surface area contributed by atoms with Crippen LogP contribution >= 0.6 is 0 Å². The molecular weight excluding hydrogens is 200 g/mol. The number of benzene rings is 1. The van der Waals surface area contributed by atoms with E-state index in [0.717, 1.165) is 22.5 Å². The molecule has 2 heterocycles. The second kappa shape index (κ2) is 3.23. The lowest BCUT2D eigenvalue weighted by atomic mass is 10.1. The number of fused-ring (bicyclic) bond motifs is 3. The molecule has 3 heteroatoms. The summed E-state index contributed by atoms with van der Waals surface area (Å²) < 4.78 is 5.22. The van der Waals surface area contributed by atoms with E-state index in [9.17, 15) is 0 Å². The third kappa shape index (κ3) is 1.18. The summed E-state index contributed by atoms with van der Waals surface area (Å²) in [5.41, 5.74) is 3.41. The molecule has 3 rings (SSSR count). The van der Waals surface area contributed by atoms with Crippen molar-refractivity contribution in [3.63, 3.8) is 0 Å². The Kier molecular flexibility index (Phi) is 1.86. The number of nitrogens with one attached hydrogen (secondary N) is 2. The first kappa shape index (κ1) is 9.21. The first-order valence-corrected chi connectivity index (χ1v) is 5.26. The lowest BCUT2D eigenvalue weighted by Crippen LogP contribution is -2.05. The maximum Gasteiger partial charge on any atom is 0.200 e. The maximum atomic E-state index is 5.22. The summed E-state index contributed by atoms with van der Waals surface area (Å²) in [5, 5.41) is 2.47. The zero-order valence-electron chi connectivity index (χ0n) is 9.29. The highest BCUT2D eigenvalue weighted by Crippen LogP contribution is 2.28. The smallest absolute Gasteiger partial charge is 0.200 e. The minimum absolute atomic E-state index is 0.876. The maximum absolute atomic E-state index is 5.22. The largest absolute Gasteiger partial charge is 0.497 e. The van der Waals surface area contributed by atoms with Gasteiger partial charge >= 0.3 is 0 Å². The Hall–Kier alpha value is -2.03. The van der Waals surface area contributed by atoms with E-state index in [1.807, 2.05) is 18.3 Å². The van der Waals surface area contributed by atoms with Crippen LogP contribution in [0.1, 0.15) is 5.69 Å². The predicted octanol–water partition coefficient (Wildman–Crippen LogP) is 2.45. The van der Waals surface area contributed by atoms with Gasteiger partial charge in [-0.2, -0.15) is 0 Å². The standard InChI is InChI=1S/C13H12N2O/c1-8-13-11(5-6-14-8)10-4-3-9(16-2)7-12(10)15-13/h3-7,15H,1-2H3/p+1. The van der Waals surface area contributed by atoms with Crippen LogP contribution < -0.4 is 9.72 Å². The average Bonchev–Trinajstić information content (AvgIpc) is 2.68. The highest BCUT2D eigenvalue weighted by atomic mass is 16.5. The summed E-state index contributed by atoms with van der Waals surface area (Å²) in [5.74, 6) is 0.876. The zero-order chi connectivity index (χ0) is 11.1. The minimum Gasteiger partial charge on any atom is -0.497 e. The molecular formula is C13H13N2O+. The number of aromatic amines is 2. The van der Waals surface area contributed by atoms with Gasteiger partial charge in [-0.15, -0.1) is 0 Å². The molecule has 0 aliphatic heterocycles. The molecule has 0 amide bonds. The lowest BCUT2D eigenvalue weighted by Gasteiger charge is -1.97. The lowest BCUT2D eigenvalue weighted by molar-refractivity contribution is -0.385. The summed E-state index contributed by atoms with van der Waals surface area (Å²) in [4.78, 5) is 6.61. The second-order valence-electron chi connectivity index (χ2n) is 3.93. The van der Waals surface area contributed by atoms with Crippen LogP contribution in [-0.4, -0.2) is 12.1 Å². The Balaban J connectivity index is 2.45. The number of H-pyrrole nitrogens is 2. The van der Waals surface area contributed by atoms with Gasteiger partial charge in [-0.1, -0.05) is 0 Å². The SMILES string of the molecule is COc1ccc2c(c1)[nH]c1c(C)[nH+]ccc12. The summed E-state index contributed by atoms with van der Waals surface area (Å²) in [6.07, 6.45) is 1.97. The van der Waals surface area contributed by atoms with E-state index >= 15 is 0 Å². The van der Waals surface area contributed by atoms with Crippen molar-refractivity contribution >= 4 is 21.8 Å². The number of pyridine rings is 1. The molecule has 0 atom stereocenters. The molecule has 0 unspecified atom stereocenters. The van der Waals surface area contributed by atoms with Crippen LogP contribution in [0.4, 0.5) is 0 Å².